The van der Waals surface area contributed by atoms with Gasteiger partial charge in [0.2, 0.25) is 5.88 Å². The lowest BCUT2D eigenvalue weighted by atomic mass is 9.86. The molecule has 16 atom stereocenters. The molecule has 5 aromatic carbocycles. The first-order valence-electron chi connectivity index (χ1n) is 49.0. The predicted octanol–water partition coefficient (Wildman–Crippen LogP) is 7.52. The first kappa shape index (κ1) is 108. The van der Waals surface area contributed by atoms with E-state index < -0.39 is 77.7 Å². The number of ether oxygens (including phenoxy) is 3. The molecule has 0 spiro atoms. The summed E-state index contributed by atoms with van der Waals surface area (Å²) >= 11 is 1.47. The molecule has 21 rings (SSSR count). The molecule has 794 valence electrons. The van der Waals surface area contributed by atoms with Gasteiger partial charge in [-0.25, -0.2) is 90.3 Å². The Labute approximate surface area is 866 Å². The highest BCUT2D eigenvalue weighted by molar-refractivity contribution is 7.99. The molecular formula is C99H122N24O21S5. The zero-order chi connectivity index (χ0) is 105. The largest absolute Gasteiger partial charge is 0.486 e. The summed E-state index contributed by atoms with van der Waals surface area (Å²) in [6.45, 7) is 9.12. The van der Waals surface area contributed by atoms with Crippen molar-refractivity contribution in [1.29, 1.82) is 0 Å². The second-order valence-electron chi connectivity index (χ2n) is 39.7. The Morgan fingerprint density at radius 2 is 1.01 bits per heavy atom. The third-order valence-electron chi connectivity index (χ3n) is 28.1. The van der Waals surface area contributed by atoms with Crippen LogP contribution in [0.1, 0.15) is 153 Å². The van der Waals surface area contributed by atoms with Crippen LogP contribution in [0.2, 0.25) is 0 Å². The van der Waals surface area contributed by atoms with E-state index in [1.165, 1.54) is 48.2 Å². The van der Waals surface area contributed by atoms with Crippen molar-refractivity contribution in [1.82, 2.24) is 74.8 Å². The predicted molar refractivity (Wildman–Crippen MR) is 552 cm³/mol. The van der Waals surface area contributed by atoms with Crippen LogP contribution in [0.3, 0.4) is 0 Å². The van der Waals surface area contributed by atoms with Crippen molar-refractivity contribution in [3.05, 3.63) is 209 Å². The molecule has 5 saturated carbocycles. The van der Waals surface area contributed by atoms with Gasteiger partial charge in [0.25, 0.3) is 0 Å². The number of aromatic amines is 2. The molecule has 9 aliphatic rings. The van der Waals surface area contributed by atoms with Gasteiger partial charge in [-0.1, -0.05) is 116 Å². The maximum atomic E-state index is 11.0. The van der Waals surface area contributed by atoms with Crippen LogP contribution in [0, 0.1) is 55.3 Å². The topological polar surface area (TPSA) is 678 Å². The van der Waals surface area contributed by atoms with Gasteiger partial charge < -0.3 is 70.4 Å². The molecule has 50 heteroatoms. The molecule has 0 radical (unpaired) electrons. The lowest BCUT2D eigenvalue weighted by Gasteiger charge is -2.20. The summed E-state index contributed by atoms with van der Waals surface area (Å²) in [5, 5.41) is 87.3. The lowest BCUT2D eigenvalue weighted by molar-refractivity contribution is 0.0907. The zero-order valence-corrected chi connectivity index (χ0v) is 86.8. The number of para-hydroxylation sites is 2. The van der Waals surface area contributed by atoms with Crippen molar-refractivity contribution in [2.45, 2.75) is 201 Å². The number of aliphatic hydroxyl groups excluding tert-OH is 6. The van der Waals surface area contributed by atoms with Crippen LogP contribution < -0.4 is 50.3 Å². The molecule has 6 aliphatic carbocycles. The van der Waals surface area contributed by atoms with Crippen molar-refractivity contribution in [3.8, 4) is 28.8 Å². The molecule has 149 heavy (non-hydrogen) atoms. The summed E-state index contributed by atoms with van der Waals surface area (Å²) in [6.07, 6.45) is 13.5. The summed E-state index contributed by atoms with van der Waals surface area (Å²) in [7, 11) is -12.1. The van der Waals surface area contributed by atoms with E-state index in [0.29, 0.717) is 160 Å². The van der Waals surface area contributed by atoms with Crippen LogP contribution in [0.4, 0.5) is 28.7 Å². The fraction of sp³-hybridized carbons (Fsp3) is 0.465. The van der Waals surface area contributed by atoms with E-state index in [1.54, 1.807) is 6.33 Å². The van der Waals surface area contributed by atoms with Gasteiger partial charge >= 0.3 is 41.2 Å². The molecule has 7 aromatic heterocycles. The Morgan fingerprint density at radius 3 is 1.63 bits per heavy atom. The Balaban J connectivity index is 0.000000127. The summed E-state index contributed by atoms with van der Waals surface area (Å²) in [5.74, 6) is 4.61. The van der Waals surface area contributed by atoms with Crippen molar-refractivity contribution in [3.63, 3.8) is 0 Å². The van der Waals surface area contributed by atoms with Crippen LogP contribution in [-0.2, 0) is 95.5 Å². The number of aliphatic imine (C=N–C) groups is 2. The van der Waals surface area contributed by atoms with Crippen LogP contribution >= 0.6 is 11.8 Å². The van der Waals surface area contributed by atoms with Gasteiger partial charge in [-0.3, -0.25) is 16.7 Å². The van der Waals surface area contributed by atoms with E-state index in [1.807, 2.05) is 107 Å². The third-order valence-corrected chi connectivity index (χ3v) is 30.8. The van der Waals surface area contributed by atoms with Gasteiger partial charge in [-0.05, 0) is 155 Å². The molecule has 45 nitrogen and oxygen atoms in total. The average Bonchev–Trinajstić information content (AvgIpc) is 1.65. The van der Waals surface area contributed by atoms with Gasteiger partial charge in [0, 0.05) is 122 Å². The van der Waals surface area contributed by atoms with E-state index in [0.717, 1.165) is 114 Å². The zero-order valence-electron chi connectivity index (χ0n) is 82.7. The normalized spacial score (nSPS) is 24.0. The maximum Gasteiger partial charge on any atom is 0.333 e. The number of nitrogens with zero attached hydrogens (tertiary/aromatic N) is 16. The number of nitrogens with two attached hydrogens (primary N) is 4. The smallest absolute Gasteiger partial charge is 0.333 e. The summed E-state index contributed by atoms with van der Waals surface area (Å²) in [5.41, 5.74) is 17.4. The number of imidazole rings is 2. The minimum atomic E-state index is -4.05. The first-order chi connectivity index (χ1) is 71.1. The quantitative estimate of drug-likeness (QED) is 0.0200. The van der Waals surface area contributed by atoms with Gasteiger partial charge in [0.1, 0.15) is 90.8 Å². The highest BCUT2D eigenvalue weighted by atomic mass is 32.2. The number of nitrogens with one attached hydrogen (secondary N) is 4. The lowest BCUT2D eigenvalue weighted by Crippen LogP contribution is -2.24. The fourth-order valence-electron chi connectivity index (χ4n) is 21.0. The van der Waals surface area contributed by atoms with Gasteiger partial charge in [0.05, 0.1) is 85.5 Å². The SMILES string of the molecule is CC1(C)C[C@H](Cc2ncnc(C[C@@H]3C[C@@H](COS(N)(=O)=O)[C@@H](O)C3)n2)c2ccccc21.CN(C)c1ccccc1C1=Nc2c(ncnc2N[C@@H]2C[C@@H](COS(N)(=O)=O)[C@@H](O)C2)C1.Cc1cccc(Sc2nc3ncnc(O[C@@H]4C[C@@H](COS(N)(=O)=O)[C@@H](O)C4)c3[nH]2)c1.Cc1ccccc1-c1nc2ncnc(C[C@@H]3C[C@@H](COS(N)(=O)=O)[C@@H](O)C3)c2[nH]1.OC[C@@H]1C[C@@H](Nc2ncnc3c2N=C(c2cccc4c2OCCO4)C3)C[C@@H]1O. The molecule has 3 aliphatic heterocycles. The number of fused-ring (bicyclic) bond motifs is 6. The van der Waals surface area contributed by atoms with Crippen LogP contribution in [0.5, 0.6) is 17.4 Å². The molecular weight excluding hydrogens is 2020 g/mol. The highest BCUT2D eigenvalue weighted by Gasteiger charge is 2.43. The Kier molecular flexibility index (Phi) is 34.1. The molecule has 0 amide bonds. The van der Waals surface area contributed by atoms with Gasteiger partial charge in [0.15, 0.2) is 39.6 Å². The number of benzene rings is 5. The number of aliphatic hydroxyl groups is 6. The Hall–Kier alpha value is -11.9. The number of rotatable bonds is 31. The van der Waals surface area contributed by atoms with E-state index in [2.05, 4.69) is 152 Å². The number of aryl methyl sites for hydroxylation is 2. The highest BCUT2D eigenvalue weighted by Crippen LogP contribution is 2.49. The molecule has 0 unspecified atom stereocenters. The summed E-state index contributed by atoms with van der Waals surface area (Å²) in [4.78, 5) is 76.4. The van der Waals surface area contributed by atoms with Crippen molar-refractivity contribution in [2.24, 2.45) is 72.0 Å². The fourth-order valence-corrected chi connectivity index (χ4v) is 23.3. The summed E-state index contributed by atoms with van der Waals surface area (Å²) in [6, 6.07) is 38.5. The first-order valence-corrected chi connectivity index (χ1v) is 55.7. The van der Waals surface area contributed by atoms with Gasteiger partial charge in [-0.15, -0.1) is 0 Å². The van der Waals surface area contributed by atoms with Crippen LogP contribution in [0.15, 0.2) is 167 Å². The third kappa shape index (κ3) is 28.1. The van der Waals surface area contributed by atoms with Crippen LogP contribution in [0.25, 0.3) is 33.7 Å². The maximum absolute atomic E-state index is 11.0. The van der Waals surface area contributed by atoms with Crippen molar-refractivity contribution >= 4 is 115 Å². The number of anilines is 3. The van der Waals surface area contributed by atoms with E-state index in [-0.39, 0.29) is 92.1 Å². The number of hydrogen-bond acceptors (Lipinski definition) is 40. The Bertz CT molecular complexity index is 7350. The minimum Gasteiger partial charge on any atom is -0.486 e. The Morgan fingerprint density at radius 1 is 0.497 bits per heavy atom. The van der Waals surface area contributed by atoms with Crippen molar-refractivity contribution in [2.75, 3.05) is 75.9 Å². The second kappa shape index (κ2) is 46.9. The van der Waals surface area contributed by atoms with E-state index in [9.17, 15) is 64.3 Å². The van der Waals surface area contributed by atoms with Crippen LogP contribution in [-0.4, -0.2) is 260 Å². The molecule has 5 fully saturated rings. The van der Waals surface area contributed by atoms with Gasteiger partial charge in [-0.2, -0.15) is 38.7 Å². The second-order valence-corrected chi connectivity index (χ2v) is 45.7. The molecule has 10 heterocycles. The monoisotopic (exact) mass is 2140 g/mol. The average molecular weight is 2140 g/mol. The minimum absolute atomic E-state index is 0.00921. The standard InChI is InChI=1S/C22H30N4O4S.C20H26N6O4S.C20H22N4O4.C19H23N5O4S.C18H21N5O5S2/c1-22(2)11-15(17-5-3-4-6-18(17)22)10-21-25-13-24-20(26-21)9-14-7-16(19(27)8-14)12-30-31(23,28)29;1-26(2)17-6-4-3-5-14(17)15-9-16-19(25-15)20(23-11-22-16)24-13-7-12(18(27)8-13)10-30-31(21,28)29;25-9-11-6-12(7-16(11)26)23-20-18-15(21-10-22-20)8-14(24-18)13-2-1-3-17-19(13)28-5-4-27-17;1-11-4-2-3-5-14(11)18-23-17-15(21-10-22-19(17)24-18)7-12-6-13(16(25)8-12)9-28-29(20,26)27;1-10-3-2-4-13(5-10)29-18-22-15-16(23-18)20-9-21-17(15)28-12-6-11(14(24)7-12)8-27-30(19,25)26/h3-6,13-16,19,27H,7-12H2,1-2H3,(H2,23,28,29);3-6,11-13,18,27H,7-10H2,1-2H3,(H2,21,28,29)(H,22,23,24);1-3,10-12,16,25-26H,4-9H2,(H,21,22,23);2-5,10,12-13,16,25H,6-9H2,1H3,(H2,20,26,27)(H,21,22,23,24);2-5,9,11-12,14,24H,6-8H2,1H3,(H2,19,25,26)(H,20,21,22,23)/t14-,15+,16+,19+;12-,13+,18-;11-,12+,16-;12-,13-,16-;11-,12+,14-/m10000/s1. The number of H-pyrrole nitrogens is 2. The summed E-state index contributed by atoms with van der Waals surface area (Å²) < 4.78 is 124. The number of aromatic nitrogens is 15. The molecule has 0 saturated heterocycles. The van der Waals surface area contributed by atoms with Crippen molar-refractivity contribution < 1.29 is 95.3 Å². The number of hydrogen-bond donors (Lipinski definition) is 14. The van der Waals surface area contributed by atoms with E-state index in [4.69, 9.17) is 49.7 Å². The molecule has 0 bridgehead atoms. The van der Waals surface area contributed by atoms with E-state index >= 15 is 0 Å². The molecule has 18 N–H and O–H groups in total. The molecule has 12 aromatic rings.